The molecule has 2 atom stereocenters. The van der Waals surface area contributed by atoms with E-state index in [0.29, 0.717) is 19.0 Å². The molecule has 0 bridgehead atoms. The summed E-state index contributed by atoms with van der Waals surface area (Å²) >= 11 is 0. The summed E-state index contributed by atoms with van der Waals surface area (Å²) in [6.45, 7) is 7.87. The van der Waals surface area contributed by atoms with Gasteiger partial charge in [-0.15, -0.1) is 0 Å². The van der Waals surface area contributed by atoms with E-state index in [9.17, 15) is 4.79 Å². The molecule has 0 aromatic rings. The first-order valence-corrected chi connectivity index (χ1v) is 7.04. The fourth-order valence-electron chi connectivity index (χ4n) is 2.90. The summed E-state index contributed by atoms with van der Waals surface area (Å²) in [4.78, 5) is 16.2. The predicted octanol–water partition coefficient (Wildman–Crippen LogP) is -0.0956. The molecule has 0 aliphatic carbocycles. The minimum atomic E-state index is 0.0218. The van der Waals surface area contributed by atoms with Crippen LogP contribution < -0.4 is 5.73 Å². The molecule has 2 heterocycles. The lowest BCUT2D eigenvalue weighted by atomic mass is 9.97. The number of piperidine rings is 1. The van der Waals surface area contributed by atoms with Gasteiger partial charge in [-0.1, -0.05) is 6.92 Å². The molecule has 2 N–H and O–H groups in total. The molecule has 5 heteroatoms. The topological polar surface area (TPSA) is 58.8 Å². The minimum Gasteiger partial charge on any atom is -0.365 e. The highest BCUT2D eigenvalue weighted by Crippen LogP contribution is 2.19. The number of likely N-dealkylation sites (tertiary alicyclic amines) is 1. The molecule has 0 spiro atoms. The molecule has 0 aromatic heterocycles. The molecule has 5 nitrogen and oxygen atoms in total. The van der Waals surface area contributed by atoms with Gasteiger partial charge in [0.15, 0.2) is 0 Å². The van der Waals surface area contributed by atoms with Crippen LogP contribution in [-0.2, 0) is 9.53 Å². The van der Waals surface area contributed by atoms with Gasteiger partial charge in [0, 0.05) is 26.2 Å². The molecule has 2 unspecified atom stereocenters. The first-order chi connectivity index (χ1) is 8.72. The second-order valence-corrected chi connectivity index (χ2v) is 5.37. The number of morpholine rings is 1. The van der Waals surface area contributed by atoms with Crippen molar-refractivity contribution in [2.45, 2.75) is 25.9 Å². The third-order valence-electron chi connectivity index (χ3n) is 4.01. The Morgan fingerprint density at radius 1 is 1.44 bits per heavy atom. The summed E-state index contributed by atoms with van der Waals surface area (Å²) in [7, 11) is 0. The van der Waals surface area contributed by atoms with Gasteiger partial charge in [0.25, 0.3) is 0 Å². The lowest BCUT2D eigenvalue weighted by Crippen LogP contribution is -2.52. The van der Waals surface area contributed by atoms with Crippen molar-refractivity contribution in [2.24, 2.45) is 11.7 Å². The molecule has 104 valence electrons. The summed E-state index contributed by atoms with van der Waals surface area (Å²) in [5.74, 6) is 0.729. The van der Waals surface area contributed by atoms with Crippen molar-refractivity contribution in [2.75, 3.05) is 45.9 Å². The van der Waals surface area contributed by atoms with Crippen LogP contribution in [0, 0.1) is 5.92 Å². The van der Waals surface area contributed by atoms with Crippen molar-refractivity contribution in [1.29, 1.82) is 0 Å². The van der Waals surface area contributed by atoms with Crippen molar-refractivity contribution >= 4 is 5.91 Å². The number of ether oxygens (including phenoxy) is 1. The van der Waals surface area contributed by atoms with Crippen molar-refractivity contribution in [3.8, 4) is 0 Å². The van der Waals surface area contributed by atoms with Crippen LogP contribution in [0.4, 0.5) is 0 Å². The van der Waals surface area contributed by atoms with Gasteiger partial charge in [-0.05, 0) is 31.8 Å². The fraction of sp³-hybridized carbons (Fsp3) is 0.923. The number of carbonyl (C=O) groups is 1. The SMILES string of the molecule is CCN1CCCC(CN2CC(CN)OCC2=O)C1. The number of nitrogens with zero attached hydrogens (tertiary/aromatic N) is 2. The predicted molar refractivity (Wildman–Crippen MR) is 70.2 cm³/mol. The van der Waals surface area contributed by atoms with Gasteiger partial charge in [0.2, 0.25) is 5.91 Å². The number of hydrogen-bond donors (Lipinski definition) is 1. The van der Waals surface area contributed by atoms with E-state index in [1.165, 1.54) is 19.4 Å². The molecule has 1 amide bonds. The summed E-state index contributed by atoms with van der Waals surface area (Å²) in [6, 6.07) is 0. The summed E-state index contributed by atoms with van der Waals surface area (Å²) in [5, 5.41) is 0. The minimum absolute atomic E-state index is 0.0218. The van der Waals surface area contributed by atoms with E-state index in [0.717, 1.165) is 19.6 Å². The molecule has 0 radical (unpaired) electrons. The molecule has 2 aliphatic rings. The molecule has 2 aliphatic heterocycles. The van der Waals surface area contributed by atoms with Gasteiger partial charge in [-0.3, -0.25) is 4.79 Å². The average Bonchev–Trinajstić information content (AvgIpc) is 2.41. The van der Waals surface area contributed by atoms with Crippen molar-refractivity contribution in [1.82, 2.24) is 9.80 Å². The van der Waals surface area contributed by atoms with Crippen LogP contribution in [0.5, 0.6) is 0 Å². The normalized spacial score (nSPS) is 30.8. The Bertz CT molecular complexity index is 285. The molecule has 2 rings (SSSR count). The highest BCUT2D eigenvalue weighted by Gasteiger charge is 2.28. The molecule has 0 saturated carbocycles. The number of hydrogen-bond acceptors (Lipinski definition) is 4. The van der Waals surface area contributed by atoms with Crippen LogP contribution in [0.15, 0.2) is 0 Å². The Kier molecular flexibility index (Phi) is 4.97. The van der Waals surface area contributed by atoms with Crippen LogP contribution in [-0.4, -0.2) is 67.7 Å². The molecular weight excluding hydrogens is 230 g/mol. The van der Waals surface area contributed by atoms with E-state index in [-0.39, 0.29) is 18.6 Å². The first kappa shape index (κ1) is 13.8. The van der Waals surface area contributed by atoms with Gasteiger partial charge in [-0.2, -0.15) is 0 Å². The van der Waals surface area contributed by atoms with E-state index in [1.807, 2.05) is 4.90 Å². The summed E-state index contributed by atoms with van der Waals surface area (Å²) < 4.78 is 5.37. The monoisotopic (exact) mass is 255 g/mol. The van der Waals surface area contributed by atoms with Gasteiger partial charge >= 0.3 is 0 Å². The molecule has 0 aromatic carbocycles. The smallest absolute Gasteiger partial charge is 0.248 e. The van der Waals surface area contributed by atoms with Crippen LogP contribution in [0.1, 0.15) is 19.8 Å². The number of amides is 1. The van der Waals surface area contributed by atoms with Gasteiger partial charge in [0.1, 0.15) is 6.61 Å². The maximum absolute atomic E-state index is 11.8. The van der Waals surface area contributed by atoms with E-state index in [1.54, 1.807) is 0 Å². The van der Waals surface area contributed by atoms with Crippen molar-refractivity contribution < 1.29 is 9.53 Å². The van der Waals surface area contributed by atoms with Crippen LogP contribution in [0.3, 0.4) is 0 Å². The zero-order chi connectivity index (χ0) is 13.0. The largest absolute Gasteiger partial charge is 0.365 e. The van der Waals surface area contributed by atoms with E-state index >= 15 is 0 Å². The highest BCUT2D eigenvalue weighted by atomic mass is 16.5. The molecule has 2 saturated heterocycles. The average molecular weight is 255 g/mol. The quantitative estimate of drug-likeness (QED) is 0.762. The second kappa shape index (κ2) is 6.50. The lowest BCUT2D eigenvalue weighted by molar-refractivity contribution is -0.149. The Morgan fingerprint density at radius 3 is 3.00 bits per heavy atom. The third-order valence-corrected chi connectivity index (χ3v) is 4.01. The first-order valence-electron chi connectivity index (χ1n) is 7.04. The Morgan fingerprint density at radius 2 is 2.28 bits per heavy atom. The van der Waals surface area contributed by atoms with E-state index in [2.05, 4.69) is 11.8 Å². The van der Waals surface area contributed by atoms with Crippen LogP contribution in [0.25, 0.3) is 0 Å². The standard InChI is InChI=1S/C13H25N3O2/c1-2-15-5-3-4-11(7-15)8-16-9-12(6-14)18-10-13(16)17/h11-12H,2-10,14H2,1H3. The zero-order valence-corrected chi connectivity index (χ0v) is 11.3. The highest BCUT2D eigenvalue weighted by molar-refractivity contribution is 5.78. The third kappa shape index (κ3) is 3.43. The fourth-order valence-corrected chi connectivity index (χ4v) is 2.90. The van der Waals surface area contributed by atoms with Gasteiger partial charge in [0.05, 0.1) is 6.10 Å². The Labute approximate surface area is 109 Å². The van der Waals surface area contributed by atoms with Gasteiger partial charge < -0.3 is 20.3 Å². The number of nitrogens with two attached hydrogens (primary N) is 1. The number of rotatable bonds is 4. The van der Waals surface area contributed by atoms with Gasteiger partial charge in [-0.25, -0.2) is 0 Å². The molecule has 2 fully saturated rings. The zero-order valence-electron chi connectivity index (χ0n) is 11.3. The van der Waals surface area contributed by atoms with Crippen molar-refractivity contribution in [3.63, 3.8) is 0 Å². The van der Waals surface area contributed by atoms with Crippen LogP contribution in [0.2, 0.25) is 0 Å². The lowest BCUT2D eigenvalue weighted by Gasteiger charge is -2.38. The Balaban J connectivity index is 1.85. The molecule has 18 heavy (non-hydrogen) atoms. The van der Waals surface area contributed by atoms with Crippen LogP contribution >= 0.6 is 0 Å². The van der Waals surface area contributed by atoms with Crippen molar-refractivity contribution in [3.05, 3.63) is 0 Å². The van der Waals surface area contributed by atoms with E-state index < -0.39 is 0 Å². The summed E-state index contributed by atoms with van der Waals surface area (Å²) in [6.07, 6.45) is 2.50. The maximum Gasteiger partial charge on any atom is 0.248 e. The molecular formula is C13H25N3O2. The summed E-state index contributed by atoms with van der Waals surface area (Å²) in [5.41, 5.74) is 5.62. The maximum atomic E-state index is 11.8. The second-order valence-electron chi connectivity index (χ2n) is 5.37. The Hall–Kier alpha value is -0.650. The van der Waals surface area contributed by atoms with E-state index in [4.69, 9.17) is 10.5 Å². The number of carbonyl (C=O) groups excluding carboxylic acids is 1.